The Morgan fingerprint density at radius 1 is 1.10 bits per heavy atom. The number of hydrogen-bond donors (Lipinski definition) is 2. The monoisotopic (exact) mass is 281 g/mol. The van der Waals surface area contributed by atoms with Crippen LogP contribution in [0.4, 0.5) is 0 Å². The Morgan fingerprint density at radius 3 is 2.50 bits per heavy atom. The average Bonchev–Trinajstić information content (AvgIpc) is 2.99. The van der Waals surface area contributed by atoms with Gasteiger partial charge in [-0.25, -0.2) is 0 Å². The summed E-state index contributed by atoms with van der Waals surface area (Å²) in [4.78, 5) is 2.53. The third kappa shape index (κ3) is 4.44. The van der Waals surface area contributed by atoms with Crippen LogP contribution in [-0.4, -0.2) is 49.2 Å². The molecular formula is C17H35N3. The van der Waals surface area contributed by atoms with Crippen LogP contribution in [0.25, 0.3) is 0 Å². The lowest BCUT2D eigenvalue weighted by Crippen LogP contribution is -2.52. The van der Waals surface area contributed by atoms with Crippen molar-refractivity contribution in [2.24, 2.45) is 5.92 Å². The highest BCUT2D eigenvalue weighted by Gasteiger charge is 2.33. The fraction of sp³-hybridized carbons (Fsp3) is 1.00. The first kappa shape index (κ1) is 16.3. The quantitative estimate of drug-likeness (QED) is 0.751. The van der Waals surface area contributed by atoms with Crippen LogP contribution in [-0.2, 0) is 0 Å². The molecule has 0 aromatic rings. The van der Waals surface area contributed by atoms with Gasteiger partial charge >= 0.3 is 0 Å². The Morgan fingerprint density at radius 2 is 1.85 bits per heavy atom. The zero-order valence-corrected chi connectivity index (χ0v) is 13.8. The van der Waals surface area contributed by atoms with Crippen molar-refractivity contribution in [1.82, 2.24) is 15.5 Å². The lowest BCUT2D eigenvalue weighted by atomic mass is 9.79. The van der Waals surface area contributed by atoms with Crippen molar-refractivity contribution in [3.05, 3.63) is 0 Å². The van der Waals surface area contributed by atoms with Gasteiger partial charge in [-0.05, 0) is 58.2 Å². The Hall–Kier alpha value is -0.120. The second kappa shape index (κ2) is 8.35. The Balaban J connectivity index is 1.84. The van der Waals surface area contributed by atoms with Gasteiger partial charge in [0.1, 0.15) is 0 Å². The topological polar surface area (TPSA) is 27.3 Å². The summed E-state index contributed by atoms with van der Waals surface area (Å²) in [6, 6.07) is 2.14. The number of nitrogens with zero attached hydrogens (tertiary/aromatic N) is 1. The van der Waals surface area contributed by atoms with Gasteiger partial charge in [0, 0.05) is 24.7 Å². The predicted molar refractivity (Wildman–Crippen MR) is 87.2 cm³/mol. The van der Waals surface area contributed by atoms with Gasteiger partial charge in [-0.2, -0.15) is 0 Å². The molecule has 3 heteroatoms. The second-order valence-corrected chi connectivity index (χ2v) is 6.81. The highest BCUT2D eigenvalue weighted by atomic mass is 15.1. The number of likely N-dealkylation sites (N-methyl/N-ethyl adjacent to an activating group) is 1. The minimum atomic E-state index is 0.613. The van der Waals surface area contributed by atoms with E-state index < -0.39 is 0 Å². The molecule has 0 amide bonds. The van der Waals surface area contributed by atoms with Crippen LogP contribution in [0.15, 0.2) is 0 Å². The summed E-state index contributed by atoms with van der Waals surface area (Å²) in [7, 11) is 0. The lowest BCUT2D eigenvalue weighted by molar-refractivity contribution is 0.184. The molecule has 4 atom stereocenters. The molecule has 3 nitrogen and oxygen atoms in total. The van der Waals surface area contributed by atoms with Crippen LogP contribution in [0.2, 0.25) is 0 Å². The molecule has 118 valence electrons. The largest absolute Gasteiger partial charge is 0.314 e. The fourth-order valence-corrected chi connectivity index (χ4v) is 4.21. The molecule has 1 saturated heterocycles. The molecule has 0 bridgehead atoms. The lowest BCUT2D eigenvalue weighted by Gasteiger charge is -2.38. The molecule has 1 aliphatic carbocycles. The van der Waals surface area contributed by atoms with E-state index >= 15 is 0 Å². The van der Waals surface area contributed by atoms with E-state index in [4.69, 9.17) is 0 Å². The Bertz CT molecular complexity index is 259. The summed E-state index contributed by atoms with van der Waals surface area (Å²) >= 11 is 0. The highest BCUT2D eigenvalue weighted by molar-refractivity contribution is 4.92. The van der Waals surface area contributed by atoms with Crippen LogP contribution < -0.4 is 10.6 Å². The van der Waals surface area contributed by atoms with Gasteiger partial charge in [0.05, 0.1) is 0 Å². The molecule has 2 fully saturated rings. The molecule has 2 N–H and O–H groups in total. The minimum Gasteiger partial charge on any atom is -0.314 e. The fourth-order valence-electron chi connectivity index (χ4n) is 4.21. The van der Waals surface area contributed by atoms with Crippen LogP contribution in [0.5, 0.6) is 0 Å². The molecule has 20 heavy (non-hydrogen) atoms. The molecule has 1 heterocycles. The van der Waals surface area contributed by atoms with Crippen molar-refractivity contribution < 1.29 is 0 Å². The van der Waals surface area contributed by atoms with E-state index in [2.05, 4.69) is 36.3 Å². The van der Waals surface area contributed by atoms with Gasteiger partial charge in [-0.1, -0.05) is 26.7 Å². The van der Waals surface area contributed by atoms with Crippen molar-refractivity contribution in [2.45, 2.75) is 77.4 Å². The highest BCUT2D eigenvalue weighted by Crippen LogP contribution is 2.30. The summed E-state index contributed by atoms with van der Waals surface area (Å²) in [6.45, 7) is 11.7. The van der Waals surface area contributed by atoms with Crippen LogP contribution >= 0.6 is 0 Å². The third-order valence-corrected chi connectivity index (χ3v) is 5.36. The smallest absolute Gasteiger partial charge is 0.0169 e. The first-order valence-electron chi connectivity index (χ1n) is 8.96. The Labute approximate surface area is 125 Å². The first-order valence-corrected chi connectivity index (χ1v) is 8.96. The normalized spacial score (nSPS) is 32.7. The number of hydrogen-bond acceptors (Lipinski definition) is 3. The molecule has 0 aromatic carbocycles. The van der Waals surface area contributed by atoms with Gasteiger partial charge < -0.3 is 15.5 Å². The molecule has 1 saturated carbocycles. The van der Waals surface area contributed by atoms with E-state index in [0.717, 1.165) is 18.0 Å². The minimum absolute atomic E-state index is 0.613. The van der Waals surface area contributed by atoms with Crippen molar-refractivity contribution in [2.75, 3.05) is 26.2 Å². The molecule has 0 radical (unpaired) electrons. The van der Waals surface area contributed by atoms with Crippen molar-refractivity contribution >= 4 is 0 Å². The van der Waals surface area contributed by atoms with Crippen LogP contribution in [0.3, 0.4) is 0 Å². The summed E-state index contributed by atoms with van der Waals surface area (Å²) in [5, 5.41) is 7.71. The van der Waals surface area contributed by atoms with Gasteiger partial charge in [0.15, 0.2) is 0 Å². The molecule has 4 unspecified atom stereocenters. The zero-order chi connectivity index (χ0) is 14.4. The van der Waals surface area contributed by atoms with E-state index in [1.54, 1.807) is 0 Å². The summed E-state index contributed by atoms with van der Waals surface area (Å²) in [5.41, 5.74) is 0. The summed E-state index contributed by atoms with van der Waals surface area (Å²) in [5.74, 6) is 0.866. The maximum absolute atomic E-state index is 3.96. The molecule has 2 aliphatic rings. The maximum Gasteiger partial charge on any atom is 0.0169 e. The van der Waals surface area contributed by atoms with E-state index in [1.807, 2.05) is 0 Å². The maximum atomic E-state index is 3.96. The zero-order valence-electron chi connectivity index (χ0n) is 13.8. The molecular weight excluding hydrogens is 246 g/mol. The van der Waals surface area contributed by atoms with E-state index in [1.165, 1.54) is 64.7 Å². The van der Waals surface area contributed by atoms with E-state index in [9.17, 15) is 0 Å². The number of nitrogens with one attached hydrogen (secondary N) is 2. The first-order chi connectivity index (χ1) is 9.74. The van der Waals surface area contributed by atoms with Crippen molar-refractivity contribution in [1.29, 1.82) is 0 Å². The van der Waals surface area contributed by atoms with Crippen LogP contribution in [0, 0.1) is 5.92 Å². The SMILES string of the molecule is CCN(CC)CC(C)NC1CCCCC1C1CCCN1. The van der Waals surface area contributed by atoms with Crippen LogP contribution in [0.1, 0.15) is 59.3 Å². The second-order valence-electron chi connectivity index (χ2n) is 6.81. The van der Waals surface area contributed by atoms with Gasteiger partial charge in [-0.3, -0.25) is 0 Å². The third-order valence-electron chi connectivity index (χ3n) is 5.36. The predicted octanol–water partition coefficient (Wildman–Crippen LogP) is 2.62. The number of rotatable bonds is 7. The molecule has 2 rings (SSSR count). The van der Waals surface area contributed by atoms with Crippen molar-refractivity contribution in [3.63, 3.8) is 0 Å². The van der Waals surface area contributed by atoms with Gasteiger partial charge in [-0.15, -0.1) is 0 Å². The van der Waals surface area contributed by atoms with Gasteiger partial charge in [0.2, 0.25) is 0 Å². The standard InChI is InChI=1S/C17H35N3/c1-4-20(5-2)13-14(3)19-17-10-7-6-9-15(17)16-11-8-12-18-16/h14-19H,4-13H2,1-3H3. The van der Waals surface area contributed by atoms with Crippen molar-refractivity contribution in [3.8, 4) is 0 Å². The van der Waals surface area contributed by atoms with E-state index in [0.29, 0.717) is 6.04 Å². The molecule has 0 spiro atoms. The summed E-state index contributed by atoms with van der Waals surface area (Å²) in [6.07, 6.45) is 8.43. The van der Waals surface area contributed by atoms with E-state index in [-0.39, 0.29) is 0 Å². The summed E-state index contributed by atoms with van der Waals surface area (Å²) < 4.78 is 0. The molecule has 1 aliphatic heterocycles. The Kier molecular flexibility index (Phi) is 6.79. The average molecular weight is 281 g/mol. The van der Waals surface area contributed by atoms with Gasteiger partial charge in [0.25, 0.3) is 0 Å². The molecule has 0 aromatic heterocycles.